The fourth-order valence-electron chi connectivity index (χ4n) is 1.89. The molecule has 2 aromatic carbocycles. The summed E-state index contributed by atoms with van der Waals surface area (Å²) < 4.78 is 5.61. The minimum Gasteiger partial charge on any atom is -0.431 e. The van der Waals surface area contributed by atoms with Crippen molar-refractivity contribution in [1.29, 1.82) is 0 Å². The van der Waals surface area contributed by atoms with E-state index in [4.69, 9.17) is 17.0 Å². The van der Waals surface area contributed by atoms with Crippen molar-refractivity contribution in [3.8, 4) is 5.75 Å². The Hall–Kier alpha value is -1.94. The van der Waals surface area contributed by atoms with Gasteiger partial charge in [0, 0.05) is 14.1 Å². The van der Waals surface area contributed by atoms with Gasteiger partial charge in [0.05, 0.1) is 5.56 Å². The van der Waals surface area contributed by atoms with Crippen LogP contribution in [0.3, 0.4) is 0 Å². The van der Waals surface area contributed by atoms with Crippen molar-refractivity contribution in [1.82, 2.24) is 4.90 Å². The van der Waals surface area contributed by atoms with Crippen LogP contribution in [0.5, 0.6) is 5.75 Å². The van der Waals surface area contributed by atoms with E-state index in [9.17, 15) is 4.79 Å². The first-order valence-corrected chi connectivity index (χ1v) is 6.33. The van der Waals surface area contributed by atoms with Gasteiger partial charge >= 0.3 is 0 Å². The summed E-state index contributed by atoms with van der Waals surface area (Å²) in [6, 6.07) is 11.4. The number of benzene rings is 2. The number of nitrogens with zero attached hydrogens (tertiary/aromatic N) is 1. The largest absolute Gasteiger partial charge is 0.431 e. The van der Waals surface area contributed by atoms with E-state index in [0.29, 0.717) is 16.5 Å². The number of hydrogen-bond acceptors (Lipinski definition) is 3. The summed E-state index contributed by atoms with van der Waals surface area (Å²) in [5.41, 5.74) is 0.572. The lowest BCUT2D eigenvalue weighted by Crippen LogP contribution is -2.25. The molecule has 98 valence electrons. The summed E-state index contributed by atoms with van der Waals surface area (Å²) in [5.74, 6) is 0.471. The number of Topliss-reactive ketones (excluding diaryl/α,β-unsaturated/α-hetero) is 1. The summed E-state index contributed by atoms with van der Waals surface area (Å²) in [7, 11) is 3.60. The lowest BCUT2D eigenvalue weighted by atomic mass is 10.0. The molecule has 0 unspecified atom stereocenters. The van der Waals surface area contributed by atoms with Gasteiger partial charge in [-0.1, -0.05) is 30.3 Å². The van der Waals surface area contributed by atoms with Crippen LogP contribution in [0.1, 0.15) is 17.3 Å². The molecule has 0 radical (unpaired) electrons. The van der Waals surface area contributed by atoms with Crippen molar-refractivity contribution in [3.05, 3.63) is 42.0 Å². The Labute approximate surface area is 117 Å². The van der Waals surface area contributed by atoms with Crippen molar-refractivity contribution in [2.45, 2.75) is 6.92 Å². The van der Waals surface area contributed by atoms with Gasteiger partial charge in [0.1, 0.15) is 5.75 Å². The molecule has 0 atom stereocenters. The van der Waals surface area contributed by atoms with Crippen molar-refractivity contribution < 1.29 is 9.53 Å². The lowest BCUT2D eigenvalue weighted by Gasteiger charge is -2.16. The molecule has 2 rings (SSSR count). The molecule has 0 fully saturated rings. The van der Waals surface area contributed by atoms with Gasteiger partial charge < -0.3 is 9.64 Å². The number of carbonyl (C=O) groups is 1. The van der Waals surface area contributed by atoms with Gasteiger partial charge in [0.25, 0.3) is 5.17 Å². The zero-order valence-electron chi connectivity index (χ0n) is 11.1. The number of thiocarbonyl (C=S) groups is 1. The molecule has 4 heteroatoms. The predicted octanol–water partition coefficient (Wildman–Crippen LogP) is 3.27. The van der Waals surface area contributed by atoms with Crippen LogP contribution in [-0.4, -0.2) is 30.0 Å². The maximum absolute atomic E-state index is 11.9. The van der Waals surface area contributed by atoms with Crippen LogP contribution >= 0.6 is 12.2 Å². The van der Waals surface area contributed by atoms with Gasteiger partial charge in [0.15, 0.2) is 5.78 Å². The highest BCUT2D eigenvalue weighted by Crippen LogP contribution is 2.28. The quantitative estimate of drug-likeness (QED) is 0.620. The van der Waals surface area contributed by atoms with Crippen molar-refractivity contribution in [3.63, 3.8) is 0 Å². The smallest absolute Gasteiger partial charge is 0.264 e. The topological polar surface area (TPSA) is 29.5 Å². The Morgan fingerprint density at radius 1 is 1.16 bits per heavy atom. The first-order valence-electron chi connectivity index (χ1n) is 5.92. The molecule has 0 aliphatic rings. The van der Waals surface area contributed by atoms with Crippen LogP contribution in [0.25, 0.3) is 10.8 Å². The molecule has 0 N–H and O–H groups in total. The Bertz CT molecular complexity index is 650. The second-order valence-electron chi connectivity index (χ2n) is 4.48. The Morgan fingerprint density at radius 2 is 1.84 bits per heavy atom. The van der Waals surface area contributed by atoms with E-state index >= 15 is 0 Å². The summed E-state index contributed by atoms with van der Waals surface area (Å²) in [5, 5.41) is 2.22. The highest BCUT2D eigenvalue weighted by atomic mass is 32.1. The van der Waals surface area contributed by atoms with Gasteiger partial charge in [-0.2, -0.15) is 0 Å². The molecule has 0 heterocycles. The lowest BCUT2D eigenvalue weighted by molar-refractivity contribution is 0.101. The van der Waals surface area contributed by atoms with Crippen molar-refractivity contribution in [2.24, 2.45) is 0 Å². The average molecular weight is 273 g/mol. The molecule has 0 aliphatic carbocycles. The van der Waals surface area contributed by atoms with Crippen LogP contribution in [0.4, 0.5) is 0 Å². The van der Waals surface area contributed by atoms with Gasteiger partial charge in [-0.25, -0.2) is 0 Å². The predicted molar refractivity (Wildman–Crippen MR) is 80.9 cm³/mol. The molecule has 19 heavy (non-hydrogen) atoms. The minimum absolute atomic E-state index is 0.0339. The summed E-state index contributed by atoms with van der Waals surface area (Å²) in [6.45, 7) is 1.54. The Balaban J connectivity index is 2.58. The van der Waals surface area contributed by atoms with Crippen molar-refractivity contribution >= 4 is 33.9 Å². The molecule has 0 amide bonds. The summed E-state index contributed by atoms with van der Waals surface area (Å²) in [6.07, 6.45) is 0. The number of carbonyl (C=O) groups excluding carboxylic acids is 1. The maximum Gasteiger partial charge on any atom is 0.264 e. The van der Waals surface area contributed by atoms with Crippen LogP contribution in [0, 0.1) is 0 Å². The zero-order chi connectivity index (χ0) is 14.0. The maximum atomic E-state index is 11.9. The summed E-state index contributed by atoms with van der Waals surface area (Å²) in [4.78, 5) is 13.6. The van der Waals surface area contributed by atoms with Gasteiger partial charge in [-0.05, 0) is 36.0 Å². The SMILES string of the molecule is CC(=O)c1c(OC(=S)N(C)C)ccc2ccccc12. The van der Waals surface area contributed by atoms with Gasteiger partial charge in [0.2, 0.25) is 0 Å². The highest BCUT2D eigenvalue weighted by molar-refractivity contribution is 7.80. The fraction of sp³-hybridized carbons (Fsp3) is 0.200. The molecule has 0 spiro atoms. The summed E-state index contributed by atoms with van der Waals surface area (Å²) >= 11 is 5.12. The van der Waals surface area contributed by atoms with E-state index in [1.807, 2.05) is 30.3 Å². The first-order chi connectivity index (χ1) is 9.00. The zero-order valence-corrected chi connectivity index (χ0v) is 12.0. The van der Waals surface area contributed by atoms with E-state index in [1.54, 1.807) is 25.1 Å². The van der Waals surface area contributed by atoms with E-state index < -0.39 is 0 Å². The Kier molecular flexibility index (Phi) is 3.81. The minimum atomic E-state index is -0.0339. The number of rotatable bonds is 2. The molecule has 0 aliphatic heterocycles. The van der Waals surface area contributed by atoms with E-state index in [1.165, 1.54) is 6.92 Å². The normalized spacial score (nSPS) is 10.3. The number of ether oxygens (including phenoxy) is 1. The first kappa shape index (κ1) is 13.5. The van der Waals surface area contributed by atoms with Crippen LogP contribution in [-0.2, 0) is 0 Å². The fourth-order valence-corrected chi connectivity index (χ4v) is 1.97. The third kappa shape index (κ3) is 2.74. The molecule has 0 saturated heterocycles. The monoisotopic (exact) mass is 273 g/mol. The van der Waals surface area contributed by atoms with Crippen molar-refractivity contribution in [2.75, 3.05) is 14.1 Å². The molecule has 0 saturated carbocycles. The van der Waals surface area contributed by atoms with E-state index in [-0.39, 0.29) is 5.78 Å². The third-order valence-corrected chi connectivity index (χ3v) is 3.25. The molecular weight excluding hydrogens is 258 g/mol. The Morgan fingerprint density at radius 3 is 2.47 bits per heavy atom. The molecule has 2 aromatic rings. The number of hydrogen-bond donors (Lipinski definition) is 0. The van der Waals surface area contributed by atoms with Gasteiger partial charge in [-0.3, -0.25) is 4.79 Å². The highest BCUT2D eigenvalue weighted by Gasteiger charge is 2.15. The van der Waals surface area contributed by atoms with E-state index in [0.717, 1.165) is 10.8 Å². The van der Waals surface area contributed by atoms with Crippen LogP contribution in [0.2, 0.25) is 0 Å². The van der Waals surface area contributed by atoms with Gasteiger partial charge in [-0.15, -0.1) is 0 Å². The standard InChI is InChI=1S/C15H15NO2S/c1-10(17)14-12-7-5-4-6-11(12)8-9-13(14)18-15(19)16(2)3/h4-9H,1-3H3. The third-order valence-electron chi connectivity index (χ3n) is 2.81. The van der Waals surface area contributed by atoms with Crippen LogP contribution < -0.4 is 4.74 Å². The number of ketones is 1. The molecule has 0 aromatic heterocycles. The second-order valence-corrected chi connectivity index (χ2v) is 4.83. The molecular formula is C15H15NO2S. The second kappa shape index (κ2) is 5.36. The average Bonchev–Trinajstić information content (AvgIpc) is 2.37. The molecule has 0 bridgehead atoms. The molecule has 3 nitrogen and oxygen atoms in total. The number of fused-ring (bicyclic) bond motifs is 1. The van der Waals surface area contributed by atoms with Crippen LogP contribution in [0.15, 0.2) is 36.4 Å². The van der Waals surface area contributed by atoms with E-state index in [2.05, 4.69) is 0 Å².